The summed E-state index contributed by atoms with van der Waals surface area (Å²) in [5, 5.41) is 25.3. The Morgan fingerprint density at radius 3 is 2.50 bits per heavy atom. The van der Waals surface area contributed by atoms with Crippen molar-refractivity contribution in [2.75, 3.05) is 5.32 Å². The van der Waals surface area contributed by atoms with E-state index in [-0.39, 0.29) is 22.3 Å². The fraction of sp³-hybridized carbons (Fsp3) is 0.652. The summed E-state index contributed by atoms with van der Waals surface area (Å²) >= 11 is 1.45. The molecule has 2 atom stereocenters. The van der Waals surface area contributed by atoms with E-state index in [1.165, 1.54) is 23.9 Å². The summed E-state index contributed by atoms with van der Waals surface area (Å²) in [5.41, 5.74) is 0.0827. The molecule has 0 unspecified atom stereocenters. The molecule has 2 heterocycles. The Kier molecular flexibility index (Phi) is 7.89. The molecule has 0 radical (unpaired) electrons. The summed E-state index contributed by atoms with van der Waals surface area (Å²) in [6, 6.07) is 1.15. The van der Waals surface area contributed by atoms with Gasteiger partial charge in [0.2, 0.25) is 15.7 Å². The average Bonchev–Trinajstić information content (AvgIpc) is 3.56. The van der Waals surface area contributed by atoms with Crippen LogP contribution in [0.2, 0.25) is 0 Å². The van der Waals surface area contributed by atoms with Gasteiger partial charge >= 0.3 is 0 Å². The van der Waals surface area contributed by atoms with Gasteiger partial charge in [-0.1, -0.05) is 31.0 Å². The number of anilines is 1. The summed E-state index contributed by atoms with van der Waals surface area (Å²) in [6.45, 7) is 0. The number of hydrogen-bond acceptors (Lipinski definition) is 10. The summed E-state index contributed by atoms with van der Waals surface area (Å²) < 4.78 is 58.1. The second-order valence-corrected chi connectivity index (χ2v) is 13.2. The number of aliphatic hydroxyl groups excluding tert-OH is 1. The number of aliphatic hydroxyl groups is 1. The number of rotatable bonds is 11. The van der Waals surface area contributed by atoms with Gasteiger partial charge in [0.25, 0.3) is 11.8 Å². The molecule has 11 nitrogen and oxygen atoms in total. The van der Waals surface area contributed by atoms with Gasteiger partial charge in [0.05, 0.1) is 6.04 Å². The first-order chi connectivity index (χ1) is 18.1. The van der Waals surface area contributed by atoms with Crippen LogP contribution in [0, 0.1) is 5.92 Å². The van der Waals surface area contributed by atoms with Crippen molar-refractivity contribution in [3.8, 4) is 0 Å². The van der Waals surface area contributed by atoms with Gasteiger partial charge in [-0.2, -0.15) is 0 Å². The van der Waals surface area contributed by atoms with Crippen LogP contribution in [-0.4, -0.2) is 64.2 Å². The highest BCUT2D eigenvalue weighted by molar-refractivity contribution is 8.00. The quantitative estimate of drug-likeness (QED) is 0.295. The maximum absolute atomic E-state index is 13.1. The van der Waals surface area contributed by atoms with Crippen molar-refractivity contribution in [3.05, 3.63) is 24.0 Å². The van der Waals surface area contributed by atoms with Crippen LogP contribution < -0.4 is 15.4 Å². The van der Waals surface area contributed by atoms with Crippen molar-refractivity contribution in [3.63, 3.8) is 0 Å². The molecule has 4 N–H and O–H groups in total. The molecule has 2 aromatic heterocycles. The number of nitrogens with zero attached hydrogens (tertiary/aromatic N) is 3. The van der Waals surface area contributed by atoms with Crippen LogP contribution in [0.25, 0.3) is 0 Å². The van der Waals surface area contributed by atoms with Crippen molar-refractivity contribution < 1.29 is 31.7 Å². The SMILES string of the molecule is O=C(N[C@@H](C1CCCCC1)[C@H](O)Nc1ccc(S(=O)(=O)NC2CC(F)(F)C2)cn1)c1nonc1SC1CC1. The third-order valence-corrected chi connectivity index (χ3v) is 9.83. The molecular weight excluding hydrogens is 542 g/mol. The minimum Gasteiger partial charge on any atom is -0.372 e. The van der Waals surface area contributed by atoms with E-state index in [9.17, 15) is 27.1 Å². The van der Waals surface area contributed by atoms with E-state index in [1.54, 1.807) is 0 Å². The van der Waals surface area contributed by atoms with Gasteiger partial charge in [-0.3, -0.25) is 4.79 Å². The van der Waals surface area contributed by atoms with E-state index in [4.69, 9.17) is 4.63 Å². The Labute approximate surface area is 222 Å². The van der Waals surface area contributed by atoms with Gasteiger partial charge in [-0.25, -0.2) is 31.5 Å². The number of amides is 1. The van der Waals surface area contributed by atoms with E-state index in [2.05, 4.69) is 30.7 Å². The van der Waals surface area contributed by atoms with Crippen LogP contribution in [0.1, 0.15) is 68.3 Å². The van der Waals surface area contributed by atoms with Gasteiger partial charge in [-0.05, 0) is 54.0 Å². The number of hydrogen-bond donors (Lipinski definition) is 4. The number of alkyl halides is 2. The average molecular weight is 573 g/mol. The molecule has 2 aromatic rings. The number of carbonyl (C=O) groups excluding carboxylic acids is 1. The Hall–Kier alpha value is -2.36. The lowest BCUT2D eigenvalue weighted by atomic mass is 9.83. The molecule has 0 bridgehead atoms. The molecule has 3 aliphatic carbocycles. The van der Waals surface area contributed by atoms with Crippen molar-refractivity contribution in [2.24, 2.45) is 5.92 Å². The van der Waals surface area contributed by atoms with E-state index >= 15 is 0 Å². The highest BCUT2D eigenvalue weighted by Crippen LogP contribution is 2.40. The van der Waals surface area contributed by atoms with E-state index < -0.39 is 53.0 Å². The van der Waals surface area contributed by atoms with E-state index in [0.29, 0.717) is 10.3 Å². The molecule has 1 amide bonds. The second kappa shape index (κ2) is 11.0. The summed E-state index contributed by atoms with van der Waals surface area (Å²) in [7, 11) is -4.02. The largest absolute Gasteiger partial charge is 0.372 e. The number of carbonyl (C=O) groups is 1. The fourth-order valence-corrected chi connectivity index (χ4v) is 6.99. The third kappa shape index (κ3) is 6.61. The maximum Gasteiger partial charge on any atom is 0.276 e. The number of thioether (sulfide) groups is 1. The predicted octanol–water partition coefficient (Wildman–Crippen LogP) is 2.90. The molecule has 3 aliphatic rings. The molecule has 0 spiro atoms. The topological polar surface area (TPSA) is 159 Å². The van der Waals surface area contributed by atoms with E-state index in [1.807, 2.05) is 0 Å². The molecule has 38 heavy (non-hydrogen) atoms. The second-order valence-electron chi connectivity index (χ2n) is 10.2. The van der Waals surface area contributed by atoms with Crippen LogP contribution in [0.3, 0.4) is 0 Å². The Morgan fingerprint density at radius 2 is 1.87 bits per heavy atom. The normalized spacial score (nSPS) is 21.9. The predicted molar refractivity (Wildman–Crippen MR) is 133 cm³/mol. The number of sulfonamides is 1. The summed E-state index contributed by atoms with van der Waals surface area (Å²) in [6.07, 6.45) is 5.55. The van der Waals surface area contributed by atoms with Crippen LogP contribution in [0.4, 0.5) is 14.6 Å². The number of aromatic nitrogens is 3. The number of nitrogens with one attached hydrogen (secondary N) is 3. The Morgan fingerprint density at radius 1 is 1.13 bits per heavy atom. The highest BCUT2D eigenvalue weighted by Gasteiger charge is 2.47. The smallest absolute Gasteiger partial charge is 0.276 e. The van der Waals surface area contributed by atoms with Crippen LogP contribution in [-0.2, 0) is 10.0 Å². The lowest BCUT2D eigenvalue weighted by Crippen LogP contribution is -2.52. The van der Waals surface area contributed by atoms with Crippen LogP contribution >= 0.6 is 11.8 Å². The molecule has 0 aliphatic heterocycles. The highest BCUT2D eigenvalue weighted by atomic mass is 32.2. The van der Waals surface area contributed by atoms with Gasteiger partial charge in [0.1, 0.15) is 16.9 Å². The molecule has 0 saturated heterocycles. The van der Waals surface area contributed by atoms with Gasteiger partial charge in [0.15, 0.2) is 5.03 Å². The zero-order chi connectivity index (χ0) is 26.9. The Balaban J connectivity index is 1.24. The molecule has 15 heteroatoms. The van der Waals surface area contributed by atoms with Gasteiger partial charge in [0, 0.05) is 30.3 Å². The number of halogens is 2. The van der Waals surface area contributed by atoms with Crippen LogP contribution in [0.15, 0.2) is 32.9 Å². The first kappa shape index (κ1) is 27.2. The van der Waals surface area contributed by atoms with Crippen molar-refractivity contribution >= 4 is 33.5 Å². The molecular formula is C23H30F2N6O5S2. The summed E-state index contributed by atoms with van der Waals surface area (Å²) in [5.74, 6) is -3.15. The van der Waals surface area contributed by atoms with Gasteiger partial charge < -0.3 is 15.7 Å². The third-order valence-electron chi connectivity index (χ3n) is 7.03. The lowest BCUT2D eigenvalue weighted by molar-refractivity contribution is -0.0876. The number of pyridine rings is 1. The first-order valence-corrected chi connectivity index (χ1v) is 15.1. The molecule has 208 valence electrons. The molecule has 3 saturated carbocycles. The Bertz CT molecular complexity index is 1230. The van der Waals surface area contributed by atoms with Gasteiger partial charge in [-0.15, -0.1) is 0 Å². The standard InChI is InChI=1S/C23H30F2N6O5S2/c24-23(25)10-14(11-23)31-38(34,35)16-8-9-17(26-12-16)27-20(32)18(13-4-2-1-3-5-13)28-21(33)19-22(30-36-29-19)37-15-6-7-15/h8-9,12-15,18,20,31-32H,1-7,10-11H2,(H,26,27)(H,28,33)/t18-,20-/m0/s1. The molecule has 3 fully saturated rings. The summed E-state index contributed by atoms with van der Waals surface area (Å²) in [4.78, 5) is 17.0. The van der Waals surface area contributed by atoms with Crippen LogP contribution in [0.5, 0.6) is 0 Å². The molecule has 0 aromatic carbocycles. The fourth-order valence-electron chi connectivity index (χ4n) is 4.81. The van der Waals surface area contributed by atoms with E-state index in [0.717, 1.165) is 51.1 Å². The lowest BCUT2D eigenvalue weighted by Gasteiger charge is -2.35. The maximum atomic E-state index is 13.1. The van der Waals surface area contributed by atoms with Crippen molar-refractivity contribution in [1.82, 2.24) is 25.3 Å². The first-order valence-electron chi connectivity index (χ1n) is 12.7. The monoisotopic (exact) mass is 572 g/mol. The minimum atomic E-state index is -4.02. The zero-order valence-corrected chi connectivity index (χ0v) is 22.1. The van der Waals surface area contributed by atoms with Crippen molar-refractivity contribution in [2.45, 2.75) is 97.2 Å². The minimum absolute atomic E-state index is 0.000878. The zero-order valence-electron chi connectivity index (χ0n) is 20.5. The van der Waals surface area contributed by atoms with Crippen molar-refractivity contribution in [1.29, 1.82) is 0 Å². The molecule has 5 rings (SSSR count).